The number of anilines is 1. The quantitative estimate of drug-likeness (QED) is 0.614. The zero-order valence-corrected chi connectivity index (χ0v) is 10.8. The third kappa shape index (κ3) is 3.04. The lowest BCUT2D eigenvalue weighted by Crippen LogP contribution is -2.20. The summed E-state index contributed by atoms with van der Waals surface area (Å²) >= 11 is 1.64. The molecule has 1 aromatic heterocycles. The third-order valence-electron chi connectivity index (χ3n) is 2.65. The summed E-state index contributed by atoms with van der Waals surface area (Å²) in [6, 6.07) is 6.57. The average molecular weight is 263 g/mol. The van der Waals surface area contributed by atoms with Crippen LogP contribution in [0.4, 0.5) is 11.4 Å². The second-order valence-electron chi connectivity index (χ2n) is 3.87. The normalized spacial score (nSPS) is 10.3. The summed E-state index contributed by atoms with van der Waals surface area (Å²) in [4.78, 5) is 16.4. The number of hydrogen-bond acceptors (Lipinski definition) is 5. The molecule has 0 aliphatic rings. The molecule has 2 rings (SSSR count). The molecule has 0 amide bonds. The Labute approximate surface area is 109 Å². The zero-order valence-electron chi connectivity index (χ0n) is 9.94. The van der Waals surface area contributed by atoms with Crippen LogP contribution < -0.4 is 4.90 Å². The van der Waals surface area contributed by atoms with Crippen molar-refractivity contribution in [1.82, 2.24) is 4.98 Å². The minimum absolute atomic E-state index is 0.118. The smallest absolute Gasteiger partial charge is 0.269 e. The van der Waals surface area contributed by atoms with Crippen molar-refractivity contribution >= 4 is 22.7 Å². The van der Waals surface area contributed by atoms with Gasteiger partial charge < -0.3 is 4.90 Å². The number of thiazole rings is 1. The number of likely N-dealkylation sites (N-methyl/N-ethyl adjacent to an activating group) is 1. The first-order valence-corrected chi connectivity index (χ1v) is 6.39. The van der Waals surface area contributed by atoms with Crippen molar-refractivity contribution in [3.05, 3.63) is 51.0 Å². The Morgan fingerprint density at radius 1 is 1.39 bits per heavy atom. The van der Waals surface area contributed by atoms with Crippen molar-refractivity contribution in [2.75, 3.05) is 18.5 Å². The summed E-state index contributed by atoms with van der Waals surface area (Å²) in [5.74, 6) is 0. The highest BCUT2D eigenvalue weighted by Crippen LogP contribution is 2.18. The average Bonchev–Trinajstić information content (AvgIpc) is 2.89. The van der Waals surface area contributed by atoms with Gasteiger partial charge in [0.2, 0.25) is 0 Å². The van der Waals surface area contributed by atoms with E-state index in [-0.39, 0.29) is 10.6 Å². The van der Waals surface area contributed by atoms with Gasteiger partial charge in [0.15, 0.2) is 0 Å². The van der Waals surface area contributed by atoms with Crippen LogP contribution in [0.25, 0.3) is 0 Å². The van der Waals surface area contributed by atoms with Crippen LogP contribution in [0.2, 0.25) is 0 Å². The zero-order chi connectivity index (χ0) is 13.0. The number of nitro groups is 1. The lowest BCUT2D eigenvalue weighted by atomic mass is 10.2. The Morgan fingerprint density at radius 2 is 2.11 bits per heavy atom. The number of aromatic nitrogens is 1. The summed E-state index contributed by atoms with van der Waals surface area (Å²) in [7, 11) is 1.97. The SMILES string of the molecule is CN(CCc1nccs1)c1ccc([N+](=O)[O-])cc1. The number of nitrogens with zero attached hydrogens (tertiary/aromatic N) is 3. The summed E-state index contributed by atoms with van der Waals surface area (Å²) in [5, 5.41) is 13.6. The van der Waals surface area contributed by atoms with Crippen molar-refractivity contribution in [2.24, 2.45) is 0 Å². The first kappa shape index (κ1) is 12.5. The molecule has 1 heterocycles. The van der Waals surface area contributed by atoms with Crippen LogP contribution in [0.1, 0.15) is 5.01 Å². The molecule has 6 heteroatoms. The Hall–Kier alpha value is -1.95. The fraction of sp³-hybridized carbons (Fsp3) is 0.250. The van der Waals surface area contributed by atoms with Gasteiger partial charge in [-0.15, -0.1) is 11.3 Å². The van der Waals surface area contributed by atoms with Crippen molar-refractivity contribution < 1.29 is 4.92 Å². The van der Waals surface area contributed by atoms with Gasteiger partial charge in [-0.25, -0.2) is 4.98 Å². The van der Waals surface area contributed by atoms with Crippen LogP contribution in [0.5, 0.6) is 0 Å². The Bertz CT molecular complexity index is 511. The molecule has 0 N–H and O–H groups in total. The second-order valence-corrected chi connectivity index (χ2v) is 4.85. The van der Waals surface area contributed by atoms with Crippen LogP contribution in [-0.4, -0.2) is 23.5 Å². The molecule has 0 saturated carbocycles. The van der Waals surface area contributed by atoms with Crippen molar-refractivity contribution in [1.29, 1.82) is 0 Å². The van der Waals surface area contributed by atoms with Gasteiger partial charge in [-0.3, -0.25) is 10.1 Å². The van der Waals surface area contributed by atoms with Crippen LogP contribution >= 0.6 is 11.3 Å². The third-order valence-corrected chi connectivity index (χ3v) is 3.49. The van der Waals surface area contributed by atoms with E-state index in [1.54, 1.807) is 29.7 Å². The van der Waals surface area contributed by atoms with Gasteiger partial charge in [-0.1, -0.05) is 0 Å². The summed E-state index contributed by atoms with van der Waals surface area (Å²) in [6.45, 7) is 0.839. The highest BCUT2D eigenvalue weighted by Gasteiger charge is 2.07. The fourth-order valence-corrected chi connectivity index (χ4v) is 2.21. The van der Waals surface area contributed by atoms with E-state index in [1.165, 1.54) is 12.1 Å². The predicted molar refractivity (Wildman–Crippen MR) is 72.2 cm³/mol. The number of nitro benzene ring substituents is 1. The second kappa shape index (κ2) is 5.59. The van der Waals surface area contributed by atoms with E-state index < -0.39 is 0 Å². The van der Waals surface area contributed by atoms with E-state index in [2.05, 4.69) is 9.88 Å². The van der Waals surface area contributed by atoms with E-state index in [9.17, 15) is 10.1 Å². The van der Waals surface area contributed by atoms with E-state index in [1.807, 2.05) is 12.4 Å². The number of hydrogen-bond donors (Lipinski definition) is 0. The molecule has 94 valence electrons. The first-order valence-electron chi connectivity index (χ1n) is 5.51. The fourth-order valence-electron chi connectivity index (χ4n) is 1.60. The van der Waals surface area contributed by atoms with E-state index in [0.717, 1.165) is 23.7 Å². The summed E-state index contributed by atoms with van der Waals surface area (Å²) in [6.07, 6.45) is 2.68. The molecule has 1 aromatic carbocycles. The lowest BCUT2D eigenvalue weighted by molar-refractivity contribution is -0.384. The molecule has 0 unspecified atom stereocenters. The largest absolute Gasteiger partial charge is 0.374 e. The maximum Gasteiger partial charge on any atom is 0.269 e. The molecule has 0 saturated heterocycles. The molecule has 5 nitrogen and oxygen atoms in total. The molecule has 0 atom stereocenters. The Morgan fingerprint density at radius 3 is 2.67 bits per heavy atom. The molecular weight excluding hydrogens is 250 g/mol. The predicted octanol–water partition coefficient (Wildman–Crippen LogP) is 2.73. The summed E-state index contributed by atoms with van der Waals surface area (Å²) in [5.41, 5.74) is 1.09. The van der Waals surface area contributed by atoms with Crippen molar-refractivity contribution in [3.8, 4) is 0 Å². The van der Waals surface area contributed by atoms with E-state index >= 15 is 0 Å². The Balaban J connectivity index is 1.96. The lowest BCUT2D eigenvalue weighted by Gasteiger charge is -2.18. The molecule has 2 aromatic rings. The Kier molecular flexibility index (Phi) is 3.88. The standard InChI is InChI=1S/C12H13N3O2S/c1-14(8-6-12-13-7-9-18-12)10-2-4-11(5-3-10)15(16)17/h2-5,7,9H,6,8H2,1H3. The van der Waals surface area contributed by atoms with E-state index in [4.69, 9.17) is 0 Å². The van der Waals surface area contributed by atoms with Crippen molar-refractivity contribution in [2.45, 2.75) is 6.42 Å². The molecule has 18 heavy (non-hydrogen) atoms. The number of non-ortho nitro benzene ring substituents is 1. The monoisotopic (exact) mass is 263 g/mol. The van der Waals surface area contributed by atoms with Gasteiger partial charge in [-0.2, -0.15) is 0 Å². The summed E-state index contributed by atoms with van der Waals surface area (Å²) < 4.78 is 0. The molecule has 0 aliphatic heterocycles. The van der Waals surface area contributed by atoms with Crippen LogP contribution in [0, 0.1) is 10.1 Å². The molecule has 0 spiro atoms. The van der Waals surface area contributed by atoms with Crippen LogP contribution in [-0.2, 0) is 6.42 Å². The van der Waals surface area contributed by atoms with Gasteiger partial charge in [0.05, 0.1) is 9.93 Å². The maximum absolute atomic E-state index is 10.5. The minimum Gasteiger partial charge on any atom is -0.374 e. The number of rotatable bonds is 5. The topological polar surface area (TPSA) is 59.3 Å². The van der Waals surface area contributed by atoms with Gasteiger partial charge in [0, 0.05) is 49.4 Å². The van der Waals surface area contributed by atoms with Crippen molar-refractivity contribution in [3.63, 3.8) is 0 Å². The van der Waals surface area contributed by atoms with Gasteiger partial charge in [-0.05, 0) is 12.1 Å². The maximum atomic E-state index is 10.5. The van der Waals surface area contributed by atoms with Crippen LogP contribution in [0.15, 0.2) is 35.8 Å². The molecular formula is C12H13N3O2S. The molecule has 0 bridgehead atoms. The van der Waals surface area contributed by atoms with Gasteiger partial charge in [0.25, 0.3) is 5.69 Å². The van der Waals surface area contributed by atoms with Crippen LogP contribution in [0.3, 0.4) is 0 Å². The highest BCUT2D eigenvalue weighted by atomic mass is 32.1. The molecule has 0 fully saturated rings. The van der Waals surface area contributed by atoms with Gasteiger partial charge in [0.1, 0.15) is 0 Å². The highest BCUT2D eigenvalue weighted by molar-refractivity contribution is 7.09. The number of benzene rings is 1. The minimum atomic E-state index is -0.390. The van der Waals surface area contributed by atoms with E-state index in [0.29, 0.717) is 0 Å². The first-order chi connectivity index (χ1) is 8.66. The molecule has 0 radical (unpaired) electrons. The van der Waals surface area contributed by atoms with Gasteiger partial charge >= 0.3 is 0 Å². The molecule has 0 aliphatic carbocycles.